The molecule has 2 aromatic heterocycles. The van der Waals surface area contributed by atoms with Crippen LogP contribution in [-0.4, -0.2) is 49.2 Å². The molecule has 7 heteroatoms. The van der Waals surface area contributed by atoms with Crippen LogP contribution in [-0.2, 0) is 20.1 Å². The molecule has 1 saturated heterocycles. The topological polar surface area (TPSA) is 51.8 Å². The second-order valence-electron chi connectivity index (χ2n) is 5.65. The number of hydrogen-bond acceptors (Lipinski definition) is 4. The lowest BCUT2D eigenvalue weighted by Crippen LogP contribution is -2.33. The Bertz CT molecular complexity index is 570. The summed E-state index contributed by atoms with van der Waals surface area (Å²) in [6.07, 6.45) is 7.75. The van der Waals surface area contributed by atoms with Crippen LogP contribution >= 0.6 is 0 Å². The quantitative estimate of drug-likeness (QED) is 0.835. The van der Waals surface area contributed by atoms with Gasteiger partial charge in [0.25, 0.3) is 0 Å². The maximum Gasteiger partial charge on any atom is 0.135 e. The lowest BCUT2D eigenvalue weighted by atomic mass is 9.96. The van der Waals surface area contributed by atoms with Gasteiger partial charge in [-0.25, -0.2) is 4.39 Å². The van der Waals surface area contributed by atoms with Gasteiger partial charge in [0.15, 0.2) is 0 Å². The molecule has 0 atom stereocenters. The monoisotopic (exact) mass is 292 g/mol. The van der Waals surface area contributed by atoms with E-state index < -0.39 is 0 Å². The van der Waals surface area contributed by atoms with Crippen LogP contribution in [0, 0.1) is 0 Å². The van der Waals surface area contributed by atoms with Gasteiger partial charge in [0.2, 0.25) is 0 Å². The highest BCUT2D eigenvalue weighted by atomic mass is 19.1. The molecular formula is C14H21FN6. The van der Waals surface area contributed by atoms with E-state index in [0.717, 1.165) is 43.9 Å². The Hall–Kier alpha value is -1.76. The SMILES string of the molecule is Cn1cnnc1C1CCN(Cc2cnn(CCF)c2)CC1. The van der Waals surface area contributed by atoms with E-state index in [1.54, 1.807) is 11.0 Å². The molecule has 1 aliphatic heterocycles. The minimum atomic E-state index is -0.371. The third-order valence-electron chi connectivity index (χ3n) is 4.11. The van der Waals surface area contributed by atoms with Crippen molar-refractivity contribution in [1.82, 2.24) is 29.4 Å². The molecule has 0 N–H and O–H groups in total. The van der Waals surface area contributed by atoms with E-state index in [2.05, 4.69) is 20.2 Å². The molecule has 3 heterocycles. The third kappa shape index (κ3) is 3.29. The summed E-state index contributed by atoms with van der Waals surface area (Å²) in [5.74, 6) is 1.59. The van der Waals surface area contributed by atoms with E-state index in [4.69, 9.17) is 0 Å². The van der Waals surface area contributed by atoms with Gasteiger partial charge >= 0.3 is 0 Å². The number of hydrogen-bond donors (Lipinski definition) is 0. The van der Waals surface area contributed by atoms with Crippen molar-refractivity contribution in [2.75, 3.05) is 19.8 Å². The molecule has 0 aliphatic carbocycles. The zero-order chi connectivity index (χ0) is 14.7. The highest BCUT2D eigenvalue weighted by Crippen LogP contribution is 2.26. The zero-order valence-electron chi connectivity index (χ0n) is 12.3. The van der Waals surface area contributed by atoms with Crippen molar-refractivity contribution in [3.05, 3.63) is 30.1 Å². The number of aryl methyl sites for hydroxylation is 2. The van der Waals surface area contributed by atoms with Crippen LogP contribution < -0.4 is 0 Å². The van der Waals surface area contributed by atoms with Crippen LogP contribution in [0.1, 0.15) is 30.1 Å². The van der Waals surface area contributed by atoms with Gasteiger partial charge in [-0.05, 0) is 25.9 Å². The molecule has 114 valence electrons. The summed E-state index contributed by atoms with van der Waals surface area (Å²) in [4.78, 5) is 2.42. The number of likely N-dealkylation sites (tertiary alicyclic amines) is 1. The van der Waals surface area contributed by atoms with Crippen molar-refractivity contribution in [2.45, 2.75) is 31.8 Å². The minimum absolute atomic E-state index is 0.342. The molecule has 2 aromatic rings. The Morgan fingerprint density at radius 2 is 2.14 bits per heavy atom. The first-order valence-electron chi connectivity index (χ1n) is 7.40. The fraction of sp³-hybridized carbons (Fsp3) is 0.643. The third-order valence-corrected chi connectivity index (χ3v) is 4.11. The standard InChI is InChI=1S/C14H21FN6/c1-19-11-16-18-14(19)13-2-5-20(6-3-13)9-12-8-17-21(10-12)7-4-15/h8,10-11,13H,2-7,9H2,1H3. The molecule has 0 spiro atoms. The molecule has 21 heavy (non-hydrogen) atoms. The molecule has 0 aromatic carbocycles. The van der Waals surface area contributed by atoms with E-state index >= 15 is 0 Å². The molecule has 0 radical (unpaired) electrons. The van der Waals surface area contributed by atoms with E-state index in [1.165, 1.54) is 0 Å². The summed E-state index contributed by atoms with van der Waals surface area (Å²) < 4.78 is 16.0. The predicted octanol–water partition coefficient (Wildman–Crippen LogP) is 1.36. The van der Waals surface area contributed by atoms with Crippen molar-refractivity contribution in [1.29, 1.82) is 0 Å². The molecule has 1 fully saturated rings. The van der Waals surface area contributed by atoms with Crippen molar-refractivity contribution in [2.24, 2.45) is 7.05 Å². The zero-order valence-corrected chi connectivity index (χ0v) is 12.3. The van der Waals surface area contributed by atoms with Crippen molar-refractivity contribution in [3.63, 3.8) is 0 Å². The number of rotatable bonds is 5. The number of halogens is 1. The average Bonchev–Trinajstić information content (AvgIpc) is 3.10. The fourth-order valence-corrected chi connectivity index (χ4v) is 2.97. The van der Waals surface area contributed by atoms with Gasteiger partial charge in [-0.1, -0.05) is 0 Å². The summed E-state index contributed by atoms with van der Waals surface area (Å²) in [5.41, 5.74) is 1.15. The number of piperidine rings is 1. The maximum absolute atomic E-state index is 12.3. The first-order chi connectivity index (χ1) is 10.3. The molecule has 3 rings (SSSR count). The van der Waals surface area contributed by atoms with Crippen LogP contribution in [0.4, 0.5) is 4.39 Å². The lowest BCUT2D eigenvalue weighted by Gasteiger charge is -2.31. The molecule has 0 saturated carbocycles. The van der Waals surface area contributed by atoms with E-state index in [0.29, 0.717) is 12.5 Å². The second kappa shape index (κ2) is 6.34. The Kier molecular flexibility index (Phi) is 4.28. The van der Waals surface area contributed by atoms with Gasteiger partial charge in [-0.15, -0.1) is 10.2 Å². The van der Waals surface area contributed by atoms with Crippen molar-refractivity contribution < 1.29 is 4.39 Å². The van der Waals surface area contributed by atoms with Crippen LogP contribution in [0.5, 0.6) is 0 Å². The first-order valence-corrected chi connectivity index (χ1v) is 7.40. The normalized spacial score (nSPS) is 17.4. The van der Waals surface area contributed by atoms with E-state index in [1.807, 2.05) is 24.0 Å². The predicted molar refractivity (Wildman–Crippen MR) is 76.5 cm³/mol. The number of alkyl halides is 1. The Balaban J connectivity index is 1.52. The summed E-state index contributed by atoms with van der Waals surface area (Å²) >= 11 is 0. The highest BCUT2D eigenvalue weighted by molar-refractivity contribution is 5.05. The largest absolute Gasteiger partial charge is 0.320 e. The molecular weight excluding hydrogens is 271 g/mol. The molecule has 0 unspecified atom stereocenters. The highest BCUT2D eigenvalue weighted by Gasteiger charge is 2.23. The summed E-state index contributed by atoms with van der Waals surface area (Å²) in [6, 6.07) is 0. The van der Waals surface area contributed by atoms with Crippen molar-refractivity contribution in [3.8, 4) is 0 Å². The van der Waals surface area contributed by atoms with E-state index in [9.17, 15) is 4.39 Å². The summed E-state index contributed by atoms with van der Waals surface area (Å²) in [7, 11) is 2.00. The minimum Gasteiger partial charge on any atom is -0.320 e. The van der Waals surface area contributed by atoms with Gasteiger partial charge in [-0.2, -0.15) is 5.10 Å². The molecule has 1 aliphatic rings. The fourth-order valence-electron chi connectivity index (χ4n) is 2.97. The van der Waals surface area contributed by atoms with Gasteiger partial charge in [0, 0.05) is 31.3 Å². The maximum atomic E-state index is 12.3. The van der Waals surface area contributed by atoms with Gasteiger partial charge in [0.05, 0.1) is 12.7 Å². The van der Waals surface area contributed by atoms with E-state index in [-0.39, 0.29) is 6.67 Å². The Morgan fingerprint density at radius 3 is 2.81 bits per heavy atom. The van der Waals surface area contributed by atoms with Crippen LogP contribution in [0.15, 0.2) is 18.7 Å². The van der Waals surface area contributed by atoms with Gasteiger partial charge in [-0.3, -0.25) is 9.58 Å². The summed E-state index contributed by atoms with van der Waals surface area (Å²) in [6.45, 7) is 2.95. The number of aromatic nitrogens is 5. The first kappa shape index (κ1) is 14.2. The van der Waals surface area contributed by atoms with Crippen molar-refractivity contribution >= 4 is 0 Å². The average molecular weight is 292 g/mol. The summed E-state index contributed by atoms with van der Waals surface area (Å²) in [5, 5.41) is 12.3. The Morgan fingerprint density at radius 1 is 1.33 bits per heavy atom. The van der Waals surface area contributed by atoms with Gasteiger partial charge in [0.1, 0.15) is 18.8 Å². The van der Waals surface area contributed by atoms with Gasteiger partial charge < -0.3 is 4.57 Å². The molecule has 0 bridgehead atoms. The second-order valence-corrected chi connectivity index (χ2v) is 5.65. The Labute approximate surface area is 123 Å². The van der Waals surface area contributed by atoms with Crippen LogP contribution in [0.3, 0.4) is 0 Å². The van der Waals surface area contributed by atoms with Crippen LogP contribution in [0.25, 0.3) is 0 Å². The smallest absolute Gasteiger partial charge is 0.135 e. The lowest BCUT2D eigenvalue weighted by molar-refractivity contribution is 0.200. The molecule has 6 nitrogen and oxygen atoms in total. The molecule has 0 amide bonds. The van der Waals surface area contributed by atoms with Crippen LogP contribution in [0.2, 0.25) is 0 Å². The number of nitrogens with zero attached hydrogens (tertiary/aromatic N) is 6.